The van der Waals surface area contributed by atoms with Crippen LogP contribution in [-0.2, 0) is 24.2 Å². The highest BCUT2D eigenvalue weighted by Gasteiger charge is 2.34. The van der Waals surface area contributed by atoms with Crippen LogP contribution in [0.5, 0.6) is 0 Å². The number of fused-ring (bicyclic) bond motifs is 1. The molecule has 0 spiro atoms. The van der Waals surface area contributed by atoms with Crippen LogP contribution in [-0.4, -0.2) is 44.9 Å². The Morgan fingerprint density at radius 3 is 2.79 bits per heavy atom. The van der Waals surface area contributed by atoms with Gasteiger partial charge in [-0.05, 0) is 31.7 Å². The van der Waals surface area contributed by atoms with Gasteiger partial charge in [0.1, 0.15) is 11.6 Å². The first-order valence-corrected chi connectivity index (χ1v) is 11.5. The van der Waals surface area contributed by atoms with Crippen LogP contribution in [0.1, 0.15) is 64.6 Å². The maximum atomic E-state index is 13.0. The van der Waals surface area contributed by atoms with Gasteiger partial charge < -0.3 is 9.42 Å². The average molecular weight is 446 g/mol. The van der Waals surface area contributed by atoms with Gasteiger partial charge in [-0.15, -0.1) is 0 Å². The van der Waals surface area contributed by atoms with E-state index in [0.717, 1.165) is 41.8 Å². The number of hydrogen-bond acceptors (Lipinski definition) is 6. The number of hydrogen-bond donors (Lipinski definition) is 0. The lowest BCUT2D eigenvalue weighted by atomic mass is 9.96. The third-order valence-corrected chi connectivity index (χ3v) is 6.48. The summed E-state index contributed by atoms with van der Waals surface area (Å²) in [6.07, 6.45) is 2.80. The van der Waals surface area contributed by atoms with Crippen LogP contribution >= 0.6 is 0 Å². The Labute approximate surface area is 192 Å². The van der Waals surface area contributed by atoms with Crippen molar-refractivity contribution in [2.24, 2.45) is 0 Å². The highest BCUT2D eigenvalue weighted by molar-refractivity contribution is 6.00. The van der Waals surface area contributed by atoms with E-state index in [1.165, 1.54) is 0 Å². The molecule has 0 unspecified atom stereocenters. The van der Waals surface area contributed by atoms with Crippen LogP contribution in [0.3, 0.4) is 0 Å². The summed E-state index contributed by atoms with van der Waals surface area (Å²) in [5.41, 5.74) is 3.57. The normalized spacial score (nSPS) is 18.0. The number of carbonyl (C=O) groups is 2. The quantitative estimate of drug-likeness (QED) is 0.597. The monoisotopic (exact) mass is 445 g/mol. The van der Waals surface area contributed by atoms with E-state index < -0.39 is 0 Å². The lowest BCUT2D eigenvalue weighted by Gasteiger charge is -2.31. The Bertz CT molecular complexity index is 1190. The van der Waals surface area contributed by atoms with Crippen LogP contribution < -0.4 is 4.90 Å². The van der Waals surface area contributed by atoms with Gasteiger partial charge in [0.2, 0.25) is 11.7 Å². The van der Waals surface area contributed by atoms with Crippen molar-refractivity contribution >= 4 is 17.6 Å². The summed E-state index contributed by atoms with van der Waals surface area (Å²) >= 11 is 0. The second-order valence-corrected chi connectivity index (χ2v) is 8.74. The summed E-state index contributed by atoms with van der Waals surface area (Å²) in [5, 5.41) is 3.94. The minimum absolute atomic E-state index is 0.00884. The van der Waals surface area contributed by atoms with Crippen LogP contribution in [0.15, 0.2) is 40.9 Å². The molecule has 0 N–H and O–H groups in total. The van der Waals surface area contributed by atoms with E-state index in [-0.39, 0.29) is 23.5 Å². The number of amides is 2. The van der Waals surface area contributed by atoms with Crippen molar-refractivity contribution in [2.75, 3.05) is 18.0 Å². The van der Waals surface area contributed by atoms with Crippen LogP contribution in [0, 0.1) is 6.92 Å². The van der Waals surface area contributed by atoms with E-state index in [0.29, 0.717) is 37.7 Å². The minimum Gasteiger partial charge on any atom is -0.351 e. The number of nitrogens with zero attached hydrogens (tertiary/aromatic N) is 5. The molecule has 1 saturated heterocycles. The Kier molecular flexibility index (Phi) is 5.66. The third kappa shape index (κ3) is 4.13. The summed E-state index contributed by atoms with van der Waals surface area (Å²) in [7, 11) is 0. The lowest BCUT2D eigenvalue weighted by Crippen LogP contribution is -2.39. The molecule has 1 fully saturated rings. The molecule has 0 radical (unpaired) electrons. The van der Waals surface area contributed by atoms with Gasteiger partial charge in [0.25, 0.3) is 5.91 Å². The van der Waals surface area contributed by atoms with Crippen molar-refractivity contribution in [2.45, 2.75) is 52.0 Å². The second kappa shape index (κ2) is 8.77. The molecule has 8 nitrogen and oxygen atoms in total. The van der Waals surface area contributed by atoms with Crippen molar-refractivity contribution in [1.82, 2.24) is 20.0 Å². The number of aromatic nitrogens is 3. The van der Waals surface area contributed by atoms with Crippen molar-refractivity contribution in [1.29, 1.82) is 0 Å². The fraction of sp³-hybridized carbons (Fsp3) is 0.400. The first-order valence-electron chi connectivity index (χ1n) is 11.5. The van der Waals surface area contributed by atoms with E-state index in [2.05, 4.69) is 5.16 Å². The molecular formula is C25H27N5O3. The predicted octanol–water partition coefficient (Wildman–Crippen LogP) is 3.44. The van der Waals surface area contributed by atoms with Gasteiger partial charge in [-0.1, -0.05) is 42.4 Å². The molecule has 0 saturated carbocycles. The van der Waals surface area contributed by atoms with E-state index in [1.54, 1.807) is 15.9 Å². The van der Waals surface area contributed by atoms with Crippen molar-refractivity contribution in [3.05, 3.63) is 70.5 Å². The fourth-order valence-corrected chi connectivity index (χ4v) is 4.62. The van der Waals surface area contributed by atoms with Crippen LogP contribution in [0.4, 0.5) is 5.82 Å². The summed E-state index contributed by atoms with van der Waals surface area (Å²) in [5.74, 6) is 1.58. The summed E-state index contributed by atoms with van der Waals surface area (Å²) in [6.45, 7) is 5.59. The highest BCUT2D eigenvalue weighted by atomic mass is 16.5. The van der Waals surface area contributed by atoms with Crippen molar-refractivity contribution < 1.29 is 14.1 Å². The summed E-state index contributed by atoms with van der Waals surface area (Å²) in [4.78, 5) is 38.9. The Balaban J connectivity index is 1.39. The number of carbonyl (C=O) groups excluding carboxylic acids is 2. The first kappa shape index (κ1) is 21.3. The smallest absolute Gasteiger partial charge is 0.292 e. The largest absolute Gasteiger partial charge is 0.351 e. The molecule has 5 rings (SSSR count). The van der Waals surface area contributed by atoms with Gasteiger partial charge in [-0.2, -0.15) is 0 Å². The molecule has 33 heavy (non-hydrogen) atoms. The number of benzene rings is 1. The van der Waals surface area contributed by atoms with Gasteiger partial charge in [-0.3, -0.25) is 14.5 Å². The predicted molar refractivity (Wildman–Crippen MR) is 122 cm³/mol. The molecule has 2 aliphatic heterocycles. The second-order valence-electron chi connectivity index (χ2n) is 8.74. The van der Waals surface area contributed by atoms with Gasteiger partial charge in [0, 0.05) is 36.3 Å². The summed E-state index contributed by atoms with van der Waals surface area (Å²) < 4.78 is 5.26. The van der Waals surface area contributed by atoms with Crippen molar-refractivity contribution in [3.8, 4) is 0 Å². The first-order chi connectivity index (χ1) is 16.0. The number of likely N-dealkylation sites (tertiary alicyclic amines) is 1. The molecule has 1 atom stereocenters. The molecule has 170 valence electrons. The molecule has 0 aliphatic carbocycles. The Morgan fingerprint density at radius 2 is 2.03 bits per heavy atom. The van der Waals surface area contributed by atoms with Gasteiger partial charge >= 0.3 is 0 Å². The zero-order valence-electron chi connectivity index (χ0n) is 19.0. The molecule has 2 amide bonds. The SMILES string of the molecule is CCc1cc(C(=O)N2CCC[C@H](c3nc(C)c4c(n3)N(Cc3ccccc3)C(=O)C4)C2)on1. The van der Waals surface area contributed by atoms with Gasteiger partial charge in [0.15, 0.2) is 0 Å². The molecule has 8 heteroatoms. The van der Waals surface area contributed by atoms with Gasteiger partial charge in [-0.25, -0.2) is 9.97 Å². The van der Waals surface area contributed by atoms with Crippen molar-refractivity contribution in [3.63, 3.8) is 0 Å². The molecule has 1 aromatic carbocycles. The van der Waals surface area contributed by atoms with E-state index in [1.807, 2.05) is 44.2 Å². The van der Waals surface area contributed by atoms with E-state index in [9.17, 15) is 9.59 Å². The molecular weight excluding hydrogens is 418 g/mol. The Morgan fingerprint density at radius 1 is 1.21 bits per heavy atom. The number of anilines is 1. The van der Waals surface area contributed by atoms with Crippen LogP contribution in [0.2, 0.25) is 0 Å². The summed E-state index contributed by atoms with van der Waals surface area (Å²) in [6, 6.07) is 11.6. The Hall–Kier alpha value is -3.55. The number of rotatable bonds is 5. The highest BCUT2D eigenvalue weighted by Crippen LogP contribution is 2.33. The molecule has 4 heterocycles. The zero-order chi connectivity index (χ0) is 22.9. The standard InChI is InChI=1S/C25H27N5O3/c1-3-19-12-21(33-28-19)25(32)29-11-7-10-18(15-29)23-26-16(2)20-13-22(31)30(24(20)27-23)14-17-8-5-4-6-9-17/h4-6,8-9,12,18H,3,7,10-11,13-15H2,1-2H3/t18-/m0/s1. The number of aryl methyl sites for hydroxylation is 2. The molecule has 2 aliphatic rings. The lowest BCUT2D eigenvalue weighted by molar-refractivity contribution is -0.117. The average Bonchev–Trinajstić information content (AvgIpc) is 3.45. The molecule has 3 aromatic rings. The topological polar surface area (TPSA) is 92.4 Å². The zero-order valence-corrected chi connectivity index (χ0v) is 19.0. The van der Waals surface area contributed by atoms with Crippen LogP contribution in [0.25, 0.3) is 0 Å². The van der Waals surface area contributed by atoms with Gasteiger partial charge in [0.05, 0.1) is 18.7 Å². The van der Waals surface area contributed by atoms with E-state index >= 15 is 0 Å². The fourth-order valence-electron chi connectivity index (χ4n) is 4.62. The number of piperidine rings is 1. The maximum absolute atomic E-state index is 13.0. The molecule has 0 bridgehead atoms. The molecule has 2 aromatic heterocycles. The maximum Gasteiger partial charge on any atom is 0.292 e. The minimum atomic E-state index is -0.148. The third-order valence-electron chi connectivity index (χ3n) is 6.48. The van der Waals surface area contributed by atoms with E-state index in [4.69, 9.17) is 14.5 Å².